The Labute approximate surface area is 143 Å². The van der Waals surface area contributed by atoms with Crippen molar-refractivity contribution in [2.24, 2.45) is 0 Å². The quantitative estimate of drug-likeness (QED) is 0.782. The fourth-order valence-electron chi connectivity index (χ4n) is 1.88. The third-order valence-electron chi connectivity index (χ3n) is 3.02. The lowest BCUT2D eigenvalue weighted by Crippen LogP contribution is -2.33. The Morgan fingerprint density at radius 3 is 2.64 bits per heavy atom. The summed E-state index contributed by atoms with van der Waals surface area (Å²) in [5, 5.41) is 6.11. The molecule has 5 heteroatoms. The molecular formula is C17H16BrClN2O. The highest BCUT2D eigenvalue weighted by Gasteiger charge is 2.00. The standard InChI is InChI=1S/C17H16BrClN2O/c18-15-7-3-1-5-13(15)9-11-20-17(22)21-12-10-14-6-2-4-8-16(14)19/h1-8,10,12H,9,11H2,(H2,20,21,22)/b12-10+. The van der Waals surface area contributed by atoms with Crippen molar-refractivity contribution in [3.8, 4) is 0 Å². The minimum Gasteiger partial charge on any atom is -0.338 e. The van der Waals surface area contributed by atoms with Crippen molar-refractivity contribution in [1.29, 1.82) is 0 Å². The molecular weight excluding hydrogens is 364 g/mol. The van der Waals surface area contributed by atoms with Gasteiger partial charge in [0.05, 0.1) is 0 Å². The molecule has 0 saturated carbocycles. The van der Waals surface area contributed by atoms with Gasteiger partial charge in [0, 0.05) is 22.2 Å². The van der Waals surface area contributed by atoms with Gasteiger partial charge in [-0.25, -0.2) is 4.79 Å². The molecule has 0 bridgehead atoms. The van der Waals surface area contributed by atoms with Crippen molar-refractivity contribution in [2.45, 2.75) is 6.42 Å². The van der Waals surface area contributed by atoms with Gasteiger partial charge in [0.2, 0.25) is 0 Å². The maximum absolute atomic E-state index is 11.7. The van der Waals surface area contributed by atoms with Gasteiger partial charge < -0.3 is 10.6 Å². The van der Waals surface area contributed by atoms with Crippen LogP contribution in [0.5, 0.6) is 0 Å². The van der Waals surface area contributed by atoms with Crippen LogP contribution in [0.1, 0.15) is 11.1 Å². The fourth-order valence-corrected chi connectivity index (χ4v) is 2.56. The maximum Gasteiger partial charge on any atom is 0.318 e. The van der Waals surface area contributed by atoms with E-state index in [0.717, 1.165) is 22.0 Å². The third kappa shape index (κ3) is 5.20. The molecule has 0 radical (unpaired) electrons. The SMILES string of the molecule is O=C(N/C=C/c1ccccc1Cl)NCCc1ccccc1Br. The van der Waals surface area contributed by atoms with Crippen molar-refractivity contribution in [2.75, 3.05) is 6.54 Å². The van der Waals surface area contributed by atoms with Gasteiger partial charge in [-0.15, -0.1) is 0 Å². The van der Waals surface area contributed by atoms with Crippen molar-refractivity contribution < 1.29 is 4.79 Å². The number of urea groups is 1. The highest BCUT2D eigenvalue weighted by molar-refractivity contribution is 9.10. The minimum atomic E-state index is -0.240. The van der Waals surface area contributed by atoms with Gasteiger partial charge in [-0.1, -0.05) is 63.9 Å². The summed E-state index contributed by atoms with van der Waals surface area (Å²) < 4.78 is 1.05. The molecule has 2 rings (SSSR count). The molecule has 0 heterocycles. The Morgan fingerprint density at radius 2 is 1.86 bits per heavy atom. The van der Waals surface area contributed by atoms with E-state index < -0.39 is 0 Å². The van der Waals surface area contributed by atoms with E-state index in [1.165, 1.54) is 0 Å². The second-order valence-corrected chi connectivity index (χ2v) is 5.86. The predicted molar refractivity (Wildman–Crippen MR) is 94.9 cm³/mol. The zero-order chi connectivity index (χ0) is 15.8. The maximum atomic E-state index is 11.7. The smallest absolute Gasteiger partial charge is 0.318 e. The van der Waals surface area contributed by atoms with Gasteiger partial charge in [-0.3, -0.25) is 0 Å². The summed E-state index contributed by atoms with van der Waals surface area (Å²) in [6, 6.07) is 15.2. The van der Waals surface area contributed by atoms with Crippen LogP contribution in [-0.2, 0) is 6.42 Å². The normalized spacial score (nSPS) is 10.6. The number of carbonyl (C=O) groups is 1. The molecule has 2 amide bonds. The van der Waals surface area contributed by atoms with Crippen molar-refractivity contribution in [1.82, 2.24) is 10.6 Å². The van der Waals surface area contributed by atoms with Crippen molar-refractivity contribution in [3.63, 3.8) is 0 Å². The van der Waals surface area contributed by atoms with Gasteiger partial charge in [0.1, 0.15) is 0 Å². The van der Waals surface area contributed by atoms with Crippen LogP contribution in [0.15, 0.2) is 59.2 Å². The lowest BCUT2D eigenvalue weighted by Gasteiger charge is -2.06. The summed E-state index contributed by atoms with van der Waals surface area (Å²) in [4.78, 5) is 11.7. The first-order chi connectivity index (χ1) is 10.7. The molecule has 2 aromatic rings. The average Bonchev–Trinajstić information content (AvgIpc) is 2.51. The molecule has 0 unspecified atom stereocenters. The lowest BCUT2D eigenvalue weighted by atomic mass is 10.1. The van der Waals surface area contributed by atoms with Crippen LogP contribution < -0.4 is 10.6 Å². The molecule has 0 aliphatic heterocycles. The van der Waals surface area contributed by atoms with Crippen LogP contribution in [0.4, 0.5) is 4.79 Å². The molecule has 0 aromatic heterocycles. The molecule has 0 aliphatic rings. The Morgan fingerprint density at radius 1 is 1.14 bits per heavy atom. The second kappa shape index (κ2) is 8.61. The van der Waals surface area contributed by atoms with Gasteiger partial charge in [0.15, 0.2) is 0 Å². The van der Waals surface area contributed by atoms with E-state index in [2.05, 4.69) is 26.6 Å². The first kappa shape index (κ1) is 16.6. The molecule has 0 saturated heterocycles. The first-order valence-electron chi connectivity index (χ1n) is 6.85. The highest BCUT2D eigenvalue weighted by atomic mass is 79.9. The summed E-state index contributed by atoms with van der Waals surface area (Å²) in [5.74, 6) is 0. The summed E-state index contributed by atoms with van der Waals surface area (Å²) in [7, 11) is 0. The summed E-state index contributed by atoms with van der Waals surface area (Å²) in [6.45, 7) is 0.564. The van der Waals surface area contributed by atoms with Crippen LogP contribution >= 0.6 is 27.5 Å². The van der Waals surface area contributed by atoms with Gasteiger partial charge in [0.25, 0.3) is 0 Å². The Kier molecular flexibility index (Phi) is 6.49. The van der Waals surface area contributed by atoms with Crippen LogP contribution in [-0.4, -0.2) is 12.6 Å². The molecule has 0 atom stereocenters. The Balaban J connectivity index is 1.75. The fraction of sp³-hybridized carbons (Fsp3) is 0.118. The minimum absolute atomic E-state index is 0.240. The van der Waals surface area contributed by atoms with E-state index in [1.54, 1.807) is 18.3 Å². The van der Waals surface area contributed by atoms with Crippen molar-refractivity contribution in [3.05, 3.63) is 75.4 Å². The Bertz CT molecular complexity index is 673. The summed E-state index contributed by atoms with van der Waals surface area (Å²) in [5.41, 5.74) is 2.02. The van der Waals surface area contributed by atoms with E-state index in [1.807, 2.05) is 42.5 Å². The molecule has 22 heavy (non-hydrogen) atoms. The van der Waals surface area contributed by atoms with Gasteiger partial charge in [-0.05, 0) is 35.8 Å². The van der Waals surface area contributed by atoms with E-state index in [-0.39, 0.29) is 6.03 Å². The van der Waals surface area contributed by atoms with Crippen LogP contribution in [0.3, 0.4) is 0 Å². The number of rotatable bonds is 5. The topological polar surface area (TPSA) is 41.1 Å². The molecule has 114 valence electrons. The average molecular weight is 380 g/mol. The molecule has 0 spiro atoms. The summed E-state index contributed by atoms with van der Waals surface area (Å²) >= 11 is 9.51. The van der Waals surface area contributed by atoms with E-state index in [9.17, 15) is 4.79 Å². The molecule has 0 aliphatic carbocycles. The monoisotopic (exact) mass is 378 g/mol. The number of amides is 2. The van der Waals surface area contributed by atoms with Gasteiger partial charge >= 0.3 is 6.03 Å². The number of benzene rings is 2. The van der Waals surface area contributed by atoms with Crippen LogP contribution in [0, 0.1) is 0 Å². The van der Waals surface area contributed by atoms with Crippen molar-refractivity contribution >= 4 is 39.6 Å². The number of hydrogen-bond acceptors (Lipinski definition) is 1. The molecule has 2 aromatic carbocycles. The zero-order valence-electron chi connectivity index (χ0n) is 11.9. The highest BCUT2D eigenvalue weighted by Crippen LogP contribution is 2.16. The number of carbonyl (C=O) groups excluding carboxylic acids is 1. The third-order valence-corrected chi connectivity index (χ3v) is 4.14. The predicted octanol–water partition coefficient (Wildman–Crippen LogP) is 4.62. The van der Waals surface area contributed by atoms with Crippen LogP contribution in [0.2, 0.25) is 5.02 Å². The molecule has 0 fully saturated rings. The van der Waals surface area contributed by atoms with E-state index >= 15 is 0 Å². The number of nitrogens with one attached hydrogen (secondary N) is 2. The largest absolute Gasteiger partial charge is 0.338 e. The lowest BCUT2D eigenvalue weighted by molar-refractivity contribution is 0.244. The zero-order valence-corrected chi connectivity index (χ0v) is 14.2. The van der Waals surface area contributed by atoms with E-state index in [0.29, 0.717) is 11.6 Å². The first-order valence-corrected chi connectivity index (χ1v) is 8.03. The van der Waals surface area contributed by atoms with Crippen LogP contribution in [0.25, 0.3) is 6.08 Å². The molecule has 2 N–H and O–H groups in total. The van der Waals surface area contributed by atoms with E-state index in [4.69, 9.17) is 11.6 Å². The number of halogens is 2. The second-order valence-electron chi connectivity index (χ2n) is 4.60. The Hall–Kier alpha value is -1.78. The molecule has 3 nitrogen and oxygen atoms in total. The van der Waals surface area contributed by atoms with Gasteiger partial charge in [-0.2, -0.15) is 0 Å². The summed E-state index contributed by atoms with van der Waals surface area (Å²) in [6.07, 6.45) is 4.10. The number of hydrogen-bond donors (Lipinski definition) is 2.